The maximum absolute atomic E-state index is 13.7. The highest BCUT2D eigenvalue weighted by Gasteiger charge is 2.33. The zero-order valence-electron chi connectivity index (χ0n) is 21.4. The van der Waals surface area contributed by atoms with E-state index in [0.29, 0.717) is 41.3 Å². The van der Waals surface area contributed by atoms with Crippen molar-refractivity contribution < 1.29 is 18.5 Å². The van der Waals surface area contributed by atoms with Crippen molar-refractivity contribution in [1.82, 2.24) is 9.29 Å². The Bertz CT molecular complexity index is 1380. The summed E-state index contributed by atoms with van der Waals surface area (Å²) in [5.41, 5.74) is 4.48. The number of fused-ring (bicyclic) bond motifs is 7. The Morgan fingerprint density at radius 2 is 2.24 bits per heavy atom. The smallest absolute Gasteiger partial charge is 0.306 e. The van der Waals surface area contributed by atoms with Crippen LogP contribution in [0.3, 0.4) is 0 Å². The van der Waals surface area contributed by atoms with Gasteiger partial charge in [0.05, 0.1) is 42.3 Å². The van der Waals surface area contributed by atoms with Crippen LogP contribution in [-0.4, -0.2) is 52.3 Å². The first kappa shape index (κ1) is 26.9. The van der Waals surface area contributed by atoms with Gasteiger partial charge in [0.15, 0.2) is 0 Å². The number of methoxy groups -OCH3 is 1. The number of esters is 1. The summed E-state index contributed by atoms with van der Waals surface area (Å²) in [6, 6.07) is 9.54. The predicted octanol–water partition coefficient (Wildman–Crippen LogP) is 4.21. The number of halogens is 1. The summed E-state index contributed by atoms with van der Waals surface area (Å²) in [6.07, 6.45) is 1.44. The van der Waals surface area contributed by atoms with Crippen LogP contribution in [0.4, 0.5) is 11.4 Å². The molecule has 3 unspecified atom stereocenters. The van der Waals surface area contributed by atoms with Gasteiger partial charge in [-0.3, -0.25) is 4.79 Å². The van der Waals surface area contributed by atoms with Gasteiger partial charge in [0, 0.05) is 30.1 Å². The first-order valence-corrected chi connectivity index (χ1v) is 14.6. The number of aromatic nitrogens is 1. The molecule has 2 aliphatic heterocycles. The fourth-order valence-corrected chi connectivity index (χ4v) is 7.58. The quantitative estimate of drug-likeness (QED) is 0.270. The molecule has 0 fully saturated rings. The second kappa shape index (κ2) is 11.2. The Balaban J connectivity index is 1.68. The summed E-state index contributed by atoms with van der Waals surface area (Å²) in [4.78, 5) is 18.3. The van der Waals surface area contributed by atoms with Crippen LogP contribution >= 0.6 is 22.9 Å². The van der Waals surface area contributed by atoms with Crippen LogP contribution in [0.2, 0.25) is 4.34 Å². The number of nitrogens with two attached hydrogens (primary N) is 1. The Kier molecular flexibility index (Phi) is 7.92. The van der Waals surface area contributed by atoms with Crippen LogP contribution in [0.1, 0.15) is 40.8 Å². The van der Waals surface area contributed by atoms with Gasteiger partial charge in [-0.1, -0.05) is 17.7 Å². The molecule has 1 aromatic carbocycles. The average Bonchev–Trinajstić information content (AvgIpc) is 3.22. The Morgan fingerprint density at radius 1 is 1.42 bits per heavy atom. The van der Waals surface area contributed by atoms with Crippen molar-refractivity contribution >= 4 is 51.3 Å². The van der Waals surface area contributed by atoms with E-state index in [2.05, 4.69) is 10.3 Å². The molecule has 0 aliphatic carbocycles. The molecule has 9 nitrogen and oxygen atoms in total. The summed E-state index contributed by atoms with van der Waals surface area (Å²) in [5.74, 6) is 6.14. The van der Waals surface area contributed by atoms with Gasteiger partial charge in [0.2, 0.25) is 5.88 Å². The van der Waals surface area contributed by atoms with E-state index in [1.807, 2.05) is 36.4 Å². The number of nitrogens with zero attached hydrogens (tertiary/aromatic N) is 3. The highest BCUT2D eigenvalue weighted by molar-refractivity contribution is 7.82. The largest absolute Gasteiger partial charge is 0.470 e. The van der Waals surface area contributed by atoms with E-state index in [9.17, 15) is 9.00 Å². The first-order chi connectivity index (χ1) is 18.3. The third-order valence-corrected chi connectivity index (χ3v) is 9.91. The number of carbonyl (C=O) groups excluding carboxylic acids is 1. The molecule has 4 heterocycles. The van der Waals surface area contributed by atoms with Crippen LogP contribution in [0.25, 0.3) is 0 Å². The molecule has 0 amide bonds. The van der Waals surface area contributed by atoms with Gasteiger partial charge in [-0.15, -0.1) is 11.3 Å². The summed E-state index contributed by atoms with van der Waals surface area (Å²) in [7, 11) is -0.110. The number of benzene rings is 1. The van der Waals surface area contributed by atoms with E-state index in [4.69, 9.17) is 26.9 Å². The van der Waals surface area contributed by atoms with Crippen molar-refractivity contribution in [2.24, 2.45) is 5.84 Å². The molecule has 202 valence electrons. The molecular formula is C26H30ClN5O4S2. The van der Waals surface area contributed by atoms with Crippen molar-refractivity contribution in [3.63, 3.8) is 0 Å². The van der Waals surface area contributed by atoms with Crippen LogP contribution in [-0.2, 0) is 27.1 Å². The van der Waals surface area contributed by atoms with Crippen LogP contribution in [0.5, 0.6) is 5.88 Å². The van der Waals surface area contributed by atoms with Gasteiger partial charge in [0.1, 0.15) is 22.0 Å². The first-order valence-electron chi connectivity index (χ1n) is 12.3. The second-order valence-corrected chi connectivity index (χ2v) is 12.4. The Labute approximate surface area is 233 Å². The summed E-state index contributed by atoms with van der Waals surface area (Å²) in [6.45, 7) is 5.77. The standard InChI is InChI=1S/C26H30ClN5O4S2/c1-4-32(28)20-8-7-18-15(2)24(20)30-12-17-14-31(38(34)22-6-5-9-29-26(22)36-17)13-16-10-21(37-25(16)27)19(18)11-23(33)35-3/h5-10,17,19,30H,4,11-14,28H2,1-3H3/t17-,19?,38?/m1/s1. The van der Waals surface area contributed by atoms with E-state index in [1.54, 1.807) is 23.3 Å². The minimum atomic E-state index is -1.50. The van der Waals surface area contributed by atoms with Gasteiger partial charge in [-0.05, 0) is 54.8 Å². The van der Waals surface area contributed by atoms with Crippen molar-refractivity contribution in [2.75, 3.05) is 37.1 Å². The zero-order chi connectivity index (χ0) is 27.0. The molecule has 12 heteroatoms. The monoisotopic (exact) mass is 575 g/mol. The van der Waals surface area contributed by atoms with E-state index in [-0.39, 0.29) is 24.4 Å². The fraction of sp³-hybridized carbons (Fsp3) is 0.385. The van der Waals surface area contributed by atoms with E-state index >= 15 is 0 Å². The maximum atomic E-state index is 13.7. The fourth-order valence-electron chi connectivity index (χ4n) is 4.91. The lowest BCUT2D eigenvalue weighted by Gasteiger charge is -2.28. The highest BCUT2D eigenvalue weighted by Crippen LogP contribution is 2.43. The normalized spacial score (nSPS) is 22.3. The summed E-state index contributed by atoms with van der Waals surface area (Å²) in [5, 5.41) is 5.24. The molecule has 3 aromatic rings. The van der Waals surface area contributed by atoms with Gasteiger partial charge in [0.25, 0.3) is 0 Å². The highest BCUT2D eigenvalue weighted by atomic mass is 35.5. The molecule has 38 heavy (non-hydrogen) atoms. The van der Waals surface area contributed by atoms with Gasteiger partial charge in [-0.25, -0.2) is 19.3 Å². The lowest BCUT2D eigenvalue weighted by Crippen LogP contribution is -2.38. The van der Waals surface area contributed by atoms with Crippen molar-refractivity contribution in [1.29, 1.82) is 0 Å². The molecule has 6 bridgehead atoms. The Hall–Kier alpha value is -2.70. The molecule has 0 radical (unpaired) electrons. The molecule has 2 aromatic heterocycles. The van der Waals surface area contributed by atoms with Crippen molar-refractivity contribution in [3.8, 4) is 5.88 Å². The van der Waals surface area contributed by atoms with E-state index < -0.39 is 11.0 Å². The van der Waals surface area contributed by atoms with Gasteiger partial charge < -0.3 is 19.8 Å². The van der Waals surface area contributed by atoms with Crippen molar-refractivity contribution in [3.05, 3.63) is 62.4 Å². The number of thiophene rings is 1. The number of hydrogen-bond donors (Lipinski definition) is 2. The van der Waals surface area contributed by atoms with E-state index in [1.165, 1.54) is 18.4 Å². The number of hydrazine groups is 1. The number of ether oxygens (including phenoxy) is 2. The molecule has 0 saturated carbocycles. The maximum Gasteiger partial charge on any atom is 0.306 e. The molecule has 3 N–H and O–H groups in total. The molecule has 5 rings (SSSR count). The summed E-state index contributed by atoms with van der Waals surface area (Å²) < 4.78 is 27.5. The topological polar surface area (TPSA) is 110 Å². The number of nitrogens with one attached hydrogen (secondary N) is 1. The molecule has 0 saturated heterocycles. The molecule has 2 aliphatic rings. The number of anilines is 2. The van der Waals surface area contributed by atoms with Crippen LogP contribution in [0.15, 0.2) is 41.4 Å². The third kappa shape index (κ3) is 5.13. The minimum Gasteiger partial charge on any atom is -0.470 e. The molecule has 0 spiro atoms. The van der Waals surface area contributed by atoms with Gasteiger partial charge in [-0.2, -0.15) is 0 Å². The lowest BCUT2D eigenvalue weighted by atomic mass is 9.89. The van der Waals surface area contributed by atoms with Crippen LogP contribution < -0.4 is 20.9 Å². The second-order valence-electron chi connectivity index (χ2n) is 9.24. The lowest BCUT2D eigenvalue weighted by molar-refractivity contribution is -0.140. The molecule has 4 atom stereocenters. The molecular weight excluding hydrogens is 546 g/mol. The van der Waals surface area contributed by atoms with E-state index in [0.717, 1.165) is 32.9 Å². The number of rotatable bonds is 4. The average molecular weight is 576 g/mol. The summed E-state index contributed by atoms with van der Waals surface area (Å²) >= 11 is 8.19. The van der Waals surface area contributed by atoms with Gasteiger partial charge >= 0.3 is 5.97 Å². The zero-order valence-corrected chi connectivity index (χ0v) is 23.8. The number of pyridine rings is 1. The van der Waals surface area contributed by atoms with Crippen molar-refractivity contribution in [2.45, 2.75) is 43.7 Å². The Morgan fingerprint density at radius 3 is 3.00 bits per heavy atom. The minimum absolute atomic E-state index is 0.160. The number of carbonyl (C=O) groups is 1. The predicted molar refractivity (Wildman–Crippen MR) is 150 cm³/mol. The SMILES string of the molecule is CCN(N)c1ccc2c(C)c1NC[C@@H]1CN(Cc3cc(sc3Cl)C2CC(=O)OC)S(=O)c2cccnc2O1. The third-order valence-electron chi connectivity index (χ3n) is 6.93. The number of hydrogen-bond acceptors (Lipinski definition) is 9. The van der Waals surface area contributed by atoms with Crippen LogP contribution in [0, 0.1) is 6.92 Å².